The van der Waals surface area contributed by atoms with Crippen LogP contribution in [0.2, 0.25) is 0 Å². The summed E-state index contributed by atoms with van der Waals surface area (Å²) in [6, 6.07) is 15.8. The molecule has 1 fully saturated rings. The topological polar surface area (TPSA) is 50.1 Å². The number of esters is 1. The molecular weight excluding hydrogens is 454 g/mol. The predicted molar refractivity (Wildman–Crippen MR) is 153 cm³/mol. The van der Waals surface area contributed by atoms with Gasteiger partial charge in [-0.3, -0.25) is 0 Å². The van der Waals surface area contributed by atoms with Crippen LogP contribution in [-0.4, -0.2) is 5.97 Å². The second kappa shape index (κ2) is 15.6. The van der Waals surface area contributed by atoms with Crippen molar-refractivity contribution < 1.29 is 9.53 Å². The Bertz CT molecular complexity index is 995. The molecule has 1 unspecified atom stereocenters. The molecule has 0 N–H and O–H groups in total. The Balaban J connectivity index is 1.49. The zero-order valence-corrected chi connectivity index (χ0v) is 23.4. The van der Waals surface area contributed by atoms with Crippen molar-refractivity contribution in [1.29, 1.82) is 5.26 Å². The fourth-order valence-electron chi connectivity index (χ4n) is 5.76. The standard InChI is InChI=1S/C34H47NO2/c1-4-6-8-9-10-11-13-27-14-16-28(17-15-27)29-18-20-30(21-19-29)34(36)37-33-23-22-31(24-32(33)25-35)26(3)12-7-5-2/h18-24,26-28H,4-17H2,1-3H3. The molecule has 0 aromatic heterocycles. The highest BCUT2D eigenvalue weighted by atomic mass is 16.5. The van der Waals surface area contributed by atoms with Gasteiger partial charge in [-0.2, -0.15) is 5.26 Å². The lowest BCUT2D eigenvalue weighted by atomic mass is 9.77. The molecule has 37 heavy (non-hydrogen) atoms. The smallest absolute Gasteiger partial charge is 0.343 e. The summed E-state index contributed by atoms with van der Waals surface area (Å²) in [5, 5.41) is 9.63. The maximum Gasteiger partial charge on any atom is 0.343 e. The van der Waals surface area contributed by atoms with Gasteiger partial charge in [0.25, 0.3) is 0 Å². The first-order chi connectivity index (χ1) is 18.0. The first-order valence-electron chi connectivity index (χ1n) is 14.9. The fraction of sp³-hybridized carbons (Fsp3) is 0.588. The normalized spacial score (nSPS) is 18.2. The monoisotopic (exact) mass is 501 g/mol. The Kier molecular flexibility index (Phi) is 12.2. The lowest BCUT2D eigenvalue weighted by molar-refractivity contribution is 0.0734. The molecule has 0 aliphatic heterocycles. The number of carbonyl (C=O) groups is 1. The molecule has 3 rings (SSSR count). The molecule has 0 radical (unpaired) electrons. The van der Waals surface area contributed by atoms with Gasteiger partial charge < -0.3 is 4.74 Å². The lowest BCUT2D eigenvalue weighted by Crippen LogP contribution is -2.14. The molecule has 1 atom stereocenters. The molecule has 3 nitrogen and oxygen atoms in total. The Morgan fingerprint density at radius 1 is 0.919 bits per heavy atom. The molecular formula is C34H47NO2. The maximum atomic E-state index is 12.8. The van der Waals surface area contributed by atoms with Crippen molar-refractivity contribution >= 4 is 5.97 Å². The molecule has 0 bridgehead atoms. The molecule has 1 aliphatic rings. The van der Waals surface area contributed by atoms with Crippen LogP contribution in [0.4, 0.5) is 0 Å². The van der Waals surface area contributed by atoms with E-state index >= 15 is 0 Å². The third kappa shape index (κ3) is 9.03. The lowest BCUT2D eigenvalue weighted by Gasteiger charge is -2.29. The predicted octanol–water partition coefficient (Wildman–Crippen LogP) is 10.1. The molecule has 0 spiro atoms. The van der Waals surface area contributed by atoms with Crippen LogP contribution in [0.1, 0.15) is 150 Å². The number of nitrogens with zero attached hydrogens (tertiary/aromatic N) is 1. The Labute approximate surface area is 225 Å². The van der Waals surface area contributed by atoms with Crippen LogP contribution >= 0.6 is 0 Å². The molecule has 1 aliphatic carbocycles. The van der Waals surface area contributed by atoms with Gasteiger partial charge in [0.2, 0.25) is 0 Å². The molecule has 0 heterocycles. The first kappa shape index (κ1) is 29.0. The minimum atomic E-state index is -0.405. The summed E-state index contributed by atoms with van der Waals surface area (Å²) in [5.74, 6) is 1.81. The van der Waals surface area contributed by atoms with Gasteiger partial charge in [-0.15, -0.1) is 0 Å². The fourth-order valence-corrected chi connectivity index (χ4v) is 5.76. The van der Waals surface area contributed by atoms with Crippen LogP contribution in [0.3, 0.4) is 0 Å². The van der Waals surface area contributed by atoms with E-state index in [1.165, 1.54) is 76.2 Å². The van der Waals surface area contributed by atoms with Crippen LogP contribution in [0.15, 0.2) is 42.5 Å². The molecule has 200 valence electrons. The van der Waals surface area contributed by atoms with E-state index < -0.39 is 5.97 Å². The summed E-state index contributed by atoms with van der Waals surface area (Å²) in [6.45, 7) is 6.64. The second-order valence-corrected chi connectivity index (χ2v) is 11.2. The van der Waals surface area contributed by atoms with Crippen LogP contribution in [0.25, 0.3) is 0 Å². The van der Waals surface area contributed by atoms with Crippen molar-refractivity contribution in [3.05, 3.63) is 64.7 Å². The van der Waals surface area contributed by atoms with Crippen LogP contribution in [0.5, 0.6) is 5.75 Å². The second-order valence-electron chi connectivity index (χ2n) is 11.2. The van der Waals surface area contributed by atoms with E-state index in [2.05, 4.69) is 39.0 Å². The third-order valence-corrected chi connectivity index (χ3v) is 8.32. The van der Waals surface area contributed by atoms with Gasteiger partial charge in [0.1, 0.15) is 11.8 Å². The van der Waals surface area contributed by atoms with E-state index in [1.807, 2.05) is 24.3 Å². The zero-order valence-electron chi connectivity index (χ0n) is 23.4. The van der Waals surface area contributed by atoms with Crippen molar-refractivity contribution in [3.8, 4) is 11.8 Å². The summed E-state index contributed by atoms with van der Waals surface area (Å²) in [4.78, 5) is 12.8. The van der Waals surface area contributed by atoms with Gasteiger partial charge in [-0.05, 0) is 85.3 Å². The molecule has 3 heteroatoms. The van der Waals surface area contributed by atoms with E-state index in [9.17, 15) is 10.1 Å². The van der Waals surface area contributed by atoms with E-state index in [-0.39, 0.29) is 0 Å². The highest BCUT2D eigenvalue weighted by molar-refractivity contribution is 5.91. The summed E-state index contributed by atoms with van der Waals surface area (Å²) in [6.07, 6.45) is 18.3. The van der Waals surface area contributed by atoms with Gasteiger partial charge >= 0.3 is 5.97 Å². The van der Waals surface area contributed by atoms with Gasteiger partial charge in [-0.25, -0.2) is 4.79 Å². The van der Waals surface area contributed by atoms with Gasteiger partial charge in [0.05, 0.1) is 11.1 Å². The van der Waals surface area contributed by atoms with E-state index in [1.54, 1.807) is 6.07 Å². The molecule has 0 saturated heterocycles. The minimum Gasteiger partial charge on any atom is -0.422 e. The third-order valence-electron chi connectivity index (χ3n) is 8.32. The Morgan fingerprint density at radius 2 is 1.59 bits per heavy atom. The van der Waals surface area contributed by atoms with Crippen LogP contribution in [0, 0.1) is 17.2 Å². The average Bonchev–Trinajstić information content (AvgIpc) is 2.94. The number of hydrogen-bond acceptors (Lipinski definition) is 3. The summed E-state index contributed by atoms with van der Waals surface area (Å²) in [7, 11) is 0. The van der Waals surface area contributed by atoms with Crippen molar-refractivity contribution in [2.24, 2.45) is 5.92 Å². The van der Waals surface area contributed by atoms with Crippen LogP contribution < -0.4 is 4.74 Å². The SMILES string of the molecule is CCCCCCCCC1CCC(c2ccc(C(=O)Oc3ccc(C(C)CCCC)cc3C#N)cc2)CC1. The average molecular weight is 502 g/mol. The molecule has 2 aromatic carbocycles. The number of unbranched alkanes of at least 4 members (excludes halogenated alkanes) is 6. The highest BCUT2D eigenvalue weighted by Gasteiger charge is 2.22. The van der Waals surface area contributed by atoms with E-state index in [0.29, 0.717) is 28.7 Å². The maximum absolute atomic E-state index is 12.8. The number of benzene rings is 2. The van der Waals surface area contributed by atoms with Crippen LogP contribution in [-0.2, 0) is 0 Å². The zero-order chi connectivity index (χ0) is 26.5. The number of nitriles is 1. The summed E-state index contributed by atoms with van der Waals surface area (Å²) < 4.78 is 5.64. The van der Waals surface area contributed by atoms with E-state index in [4.69, 9.17) is 4.74 Å². The van der Waals surface area contributed by atoms with Gasteiger partial charge in [0.15, 0.2) is 0 Å². The quantitative estimate of drug-likeness (QED) is 0.147. The molecule has 0 amide bonds. The van der Waals surface area contributed by atoms with E-state index in [0.717, 1.165) is 30.7 Å². The molecule has 1 saturated carbocycles. The van der Waals surface area contributed by atoms with Gasteiger partial charge in [-0.1, -0.05) is 96.8 Å². The molecule has 2 aromatic rings. The van der Waals surface area contributed by atoms with Crippen molar-refractivity contribution in [1.82, 2.24) is 0 Å². The number of rotatable bonds is 14. The number of hydrogen-bond donors (Lipinski definition) is 0. The first-order valence-corrected chi connectivity index (χ1v) is 14.9. The Hall–Kier alpha value is -2.60. The largest absolute Gasteiger partial charge is 0.422 e. The Morgan fingerprint density at radius 3 is 2.27 bits per heavy atom. The number of ether oxygens (including phenoxy) is 1. The number of carbonyl (C=O) groups excluding carboxylic acids is 1. The van der Waals surface area contributed by atoms with Crippen molar-refractivity contribution in [2.75, 3.05) is 0 Å². The highest BCUT2D eigenvalue weighted by Crippen LogP contribution is 2.38. The van der Waals surface area contributed by atoms with Crippen molar-refractivity contribution in [3.63, 3.8) is 0 Å². The summed E-state index contributed by atoms with van der Waals surface area (Å²) >= 11 is 0. The summed E-state index contributed by atoms with van der Waals surface area (Å²) in [5.41, 5.74) is 3.40. The minimum absolute atomic E-state index is 0.340. The van der Waals surface area contributed by atoms with Gasteiger partial charge in [0, 0.05) is 0 Å². The van der Waals surface area contributed by atoms with Crippen molar-refractivity contribution in [2.45, 2.75) is 122 Å².